The van der Waals surface area contributed by atoms with Gasteiger partial charge in [-0.1, -0.05) is 36.2 Å². The van der Waals surface area contributed by atoms with Gasteiger partial charge in [0.05, 0.1) is 11.6 Å². The summed E-state index contributed by atoms with van der Waals surface area (Å²) < 4.78 is 0. The number of anilines is 2. The van der Waals surface area contributed by atoms with E-state index in [0.29, 0.717) is 35.0 Å². The van der Waals surface area contributed by atoms with E-state index in [-0.39, 0.29) is 35.7 Å². The molecule has 0 unspecified atom stereocenters. The van der Waals surface area contributed by atoms with Gasteiger partial charge in [-0.05, 0) is 50.0 Å². The molecule has 228 valence electrons. The molecule has 13 nitrogen and oxygen atoms in total. The molecule has 2 aromatic rings. The maximum atomic E-state index is 12.6. The van der Waals surface area contributed by atoms with Crippen LogP contribution >= 0.6 is 23.2 Å². The number of nitrogens with two attached hydrogens (primary N) is 2. The third kappa shape index (κ3) is 8.15. The maximum Gasteiger partial charge on any atom is 0.273 e. The lowest BCUT2D eigenvalue weighted by Gasteiger charge is -2.47. The number of nitrogen functional groups attached to an aromatic ring is 1. The minimum absolute atomic E-state index is 0.00138. The van der Waals surface area contributed by atoms with Gasteiger partial charge in [0.15, 0.2) is 22.5 Å². The number of nitriles is 2. The van der Waals surface area contributed by atoms with Crippen LogP contribution in [-0.2, 0) is 6.54 Å². The normalized spacial score (nSPS) is 18.6. The highest BCUT2D eigenvalue weighted by Gasteiger charge is 2.34. The third-order valence-corrected chi connectivity index (χ3v) is 8.37. The summed E-state index contributed by atoms with van der Waals surface area (Å²) in [6.07, 6.45) is 4.64. The molecule has 2 aliphatic rings. The lowest BCUT2D eigenvalue weighted by Crippen LogP contribution is -2.58. The van der Waals surface area contributed by atoms with Crippen LogP contribution in [0.1, 0.15) is 47.8 Å². The Hall–Kier alpha value is -3.88. The summed E-state index contributed by atoms with van der Waals surface area (Å²) in [4.78, 5) is 31.8. The lowest BCUT2D eigenvalue weighted by atomic mass is 9.97. The van der Waals surface area contributed by atoms with Gasteiger partial charge < -0.3 is 27.0 Å². The second kappa shape index (κ2) is 15.0. The molecule has 0 bridgehead atoms. The SMILES string of the molecule is CC[C@H]1CN(c2nc(N)c(C(=O)NCCN/C(N)=N/C#N)nc2Cl)CCN1C1CCN(Cc2ccc(Cl)cc2C#N)CC1. The van der Waals surface area contributed by atoms with Crippen LogP contribution in [0.4, 0.5) is 11.6 Å². The third-order valence-electron chi connectivity index (χ3n) is 7.88. The molecule has 0 saturated carbocycles. The van der Waals surface area contributed by atoms with E-state index in [0.717, 1.165) is 57.5 Å². The number of piperidine rings is 1. The summed E-state index contributed by atoms with van der Waals surface area (Å²) in [5.41, 5.74) is 13.2. The number of hydrogen-bond donors (Lipinski definition) is 4. The fourth-order valence-corrected chi connectivity index (χ4v) is 6.10. The van der Waals surface area contributed by atoms with Crippen LogP contribution in [0.2, 0.25) is 10.2 Å². The number of benzene rings is 1. The lowest BCUT2D eigenvalue weighted by molar-refractivity contribution is 0.0610. The predicted molar refractivity (Wildman–Crippen MR) is 166 cm³/mol. The number of amides is 1. The summed E-state index contributed by atoms with van der Waals surface area (Å²) in [6, 6.07) is 8.56. The van der Waals surface area contributed by atoms with Crippen LogP contribution in [0, 0.1) is 22.8 Å². The number of aromatic nitrogens is 2. The topological polar surface area (TPSA) is 189 Å². The molecular weight excluding hydrogens is 591 g/mol. The molecule has 3 heterocycles. The number of guanidine groups is 1. The number of likely N-dealkylation sites (tertiary alicyclic amines) is 1. The zero-order valence-corrected chi connectivity index (χ0v) is 25.6. The number of nitrogens with zero attached hydrogens (tertiary/aromatic N) is 8. The minimum Gasteiger partial charge on any atom is -0.382 e. The number of hydrogen-bond acceptors (Lipinski definition) is 10. The van der Waals surface area contributed by atoms with Crippen molar-refractivity contribution < 1.29 is 4.79 Å². The van der Waals surface area contributed by atoms with Gasteiger partial charge in [0.2, 0.25) is 12.2 Å². The number of piperazine rings is 1. The van der Waals surface area contributed by atoms with Crippen molar-refractivity contribution in [2.45, 2.75) is 44.8 Å². The van der Waals surface area contributed by atoms with Gasteiger partial charge in [-0.3, -0.25) is 14.6 Å². The van der Waals surface area contributed by atoms with Crippen molar-refractivity contribution >= 4 is 46.7 Å². The van der Waals surface area contributed by atoms with Crippen LogP contribution < -0.4 is 27.0 Å². The standard InChI is InChI=1S/C28H36Cl2N12O/c1-2-21-16-41(26-24(30)38-23(25(33)39-26)27(43)35-7-8-36-28(34)37-17-32)11-12-42(21)22-5-9-40(10-6-22)15-18-3-4-20(29)13-19(18)14-31/h3-4,13,21-22H,2,5-12,15-16H2,1H3,(H2,33,39)(H,35,43)(H3,34,36,37)/t21-/m0/s1. The molecule has 2 aliphatic heterocycles. The summed E-state index contributed by atoms with van der Waals surface area (Å²) in [5, 5.41) is 24.0. The highest BCUT2D eigenvalue weighted by atomic mass is 35.5. The smallest absolute Gasteiger partial charge is 0.273 e. The highest BCUT2D eigenvalue weighted by Crippen LogP contribution is 2.30. The molecular formula is C28H36Cl2N12O. The van der Waals surface area contributed by atoms with Gasteiger partial charge >= 0.3 is 0 Å². The van der Waals surface area contributed by atoms with Gasteiger partial charge in [-0.2, -0.15) is 10.5 Å². The van der Waals surface area contributed by atoms with Gasteiger partial charge in [-0.15, -0.1) is 4.99 Å². The zero-order valence-electron chi connectivity index (χ0n) is 24.1. The average Bonchev–Trinajstić information content (AvgIpc) is 3.01. The Kier molecular flexibility index (Phi) is 11.2. The number of rotatable bonds is 9. The van der Waals surface area contributed by atoms with Gasteiger partial charge in [0, 0.05) is 56.4 Å². The molecule has 6 N–H and O–H groups in total. The van der Waals surface area contributed by atoms with Crippen molar-refractivity contribution in [2.24, 2.45) is 10.7 Å². The van der Waals surface area contributed by atoms with Crippen molar-refractivity contribution in [3.05, 3.63) is 45.2 Å². The van der Waals surface area contributed by atoms with Crippen molar-refractivity contribution in [2.75, 3.05) is 56.4 Å². The van der Waals surface area contributed by atoms with E-state index >= 15 is 0 Å². The van der Waals surface area contributed by atoms with Crippen LogP contribution in [0.5, 0.6) is 0 Å². The van der Waals surface area contributed by atoms with E-state index < -0.39 is 5.91 Å². The number of carbonyl (C=O) groups excluding carboxylic acids is 1. The molecule has 2 saturated heterocycles. The van der Waals surface area contributed by atoms with Gasteiger partial charge in [0.25, 0.3) is 5.91 Å². The van der Waals surface area contributed by atoms with Crippen LogP contribution in [-0.4, -0.2) is 89.5 Å². The summed E-state index contributed by atoms with van der Waals surface area (Å²) in [7, 11) is 0. The monoisotopic (exact) mass is 626 g/mol. The molecule has 0 aliphatic carbocycles. The Morgan fingerprint density at radius 1 is 1.14 bits per heavy atom. The minimum atomic E-state index is -0.515. The molecule has 43 heavy (non-hydrogen) atoms. The van der Waals surface area contributed by atoms with Crippen molar-refractivity contribution in [3.63, 3.8) is 0 Å². The fraction of sp³-hybridized carbons (Fsp3) is 0.500. The largest absolute Gasteiger partial charge is 0.382 e. The van der Waals surface area contributed by atoms with E-state index in [9.17, 15) is 10.1 Å². The first-order chi connectivity index (χ1) is 20.7. The van der Waals surface area contributed by atoms with E-state index in [4.69, 9.17) is 39.9 Å². The van der Waals surface area contributed by atoms with Crippen molar-refractivity contribution in [1.29, 1.82) is 10.5 Å². The Labute approximate surface area is 261 Å². The Balaban J connectivity index is 1.32. The first kappa shape index (κ1) is 32.0. The molecule has 2 fully saturated rings. The summed E-state index contributed by atoms with van der Waals surface area (Å²) in [5.74, 6) is -0.0808. The van der Waals surface area contributed by atoms with Crippen LogP contribution in [0.25, 0.3) is 0 Å². The molecule has 1 aromatic heterocycles. The molecule has 0 spiro atoms. The molecule has 1 amide bonds. The Bertz CT molecular complexity index is 1410. The Morgan fingerprint density at radius 3 is 2.58 bits per heavy atom. The first-order valence-electron chi connectivity index (χ1n) is 14.2. The molecule has 1 aromatic carbocycles. The summed E-state index contributed by atoms with van der Waals surface area (Å²) in [6.45, 7) is 7.59. The van der Waals surface area contributed by atoms with Gasteiger partial charge in [0.1, 0.15) is 0 Å². The summed E-state index contributed by atoms with van der Waals surface area (Å²) >= 11 is 12.6. The van der Waals surface area contributed by atoms with Crippen LogP contribution in [0.3, 0.4) is 0 Å². The van der Waals surface area contributed by atoms with Crippen molar-refractivity contribution in [1.82, 2.24) is 30.4 Å². The van der Waals surface area contributed by atoms with E-state index in [1.807, 2.05) is 12.1 Å². The van der Waals surface area contributed by atoms with E-state index in [1.54, 1.807) is 12.3 Å². The number of nitrogens with one attached hydrogen (secondary N) is 2. The molecule has 4 rings (SSSR count). The maximum absolute atomic E-state index is 12.6. The first-order valence-corrected chi connectivity index (χ1v) is 15.0. The zero-order chi connectivity index (χ0) is 30.9. The van der Waals surface area contributed by atoms with Gasteiger partial charge in [-0.25, -0.2) is 9.97 Å². The molecule has 1 atom stereocenters. The number of carbonyl (C=O) groups is 1. The average molecular weight is 628 g/mol. The molecule has 15 heteroatoms. The second-order valence-electron chi connectivity index (χ2n) is 10.5. The van der Waals surface area contributed by atoms with E-state index in [2.05, 4.69) is 53.3 Å². The number of halogens is 2. The van der Waals surface area contributed by atoms with E-state index in [1.165, 1.54) is 0 Å². The molecule has 0 radical (unpaired) electrons. The predicted octanol–water partition coefficient (Wildman–Crippen LogP) is 1.92. The van der Waals surface area contributed by atoms with Crippen LogP contribution in [0.15, 0.2) is 23.2 Å². The second-order valence-corrected chi connectivity index (χ2v) is 11.3. The van der Waals surface area contributed by atoms with Crippen molar-refractivity contribution in [3.8, 4) is 12.3 Å². The number of aliphatic imine (C=N–C) groups is 1. The Morgan fingerprint density at radius 2 is 1.88 bits per heavy atom. The quantitative estimate of drug-likeness (QED) is 0.138. The fourth-order valence-electron chi connectivity index (χ4n) is 5.68. The highest BCUT2D eigenvalue weighted by molar-refractivity contribution is 6.32.